The Morgan fingerprint density at radius 2 is 1.90 bits per heavy atom. The summed E-state index contributed by atoms with van der Waals surface area (Å²) in [7, 11) is -1.35. The Balaban J connectivity index is 2.18. The van der Waals surface area contributed by atoms with Gasteiger partial charge in [-0.25, -0.2) is 9.67 Å². The van der Waals surface area contributed by atoms with Crippen molar-refractivity contribution in [3.63, 3.8) is 0 Å². The molecule has 10 heteroatoms. The predicted octanol–water partition coefficient (Wildman–Crippen LogP) is 5.55. The van der Waals surface area contributed by atoms with Crippen LogP contribution in [0.2, 0.25) is 25.7 Å². The maximum absolute atomic E-state index is 13.4. The van der Waals surface area contributed by atoms with E-state index in [4.69, 9.17) is 4.74 Å². The quantitative estimate of drug-likeness (QED) is 0.306. The Kier molecular flexibility index (Phi) is 8.19. The first kappa shape index (κ1) is 24.8. The van der Waals surface area contributed by atoms with Crippen LogP contribution in [0.3, 0.4) is 0 Å². The standard InChI is InChI=1S/C21H29F3N4O2Si/c1-6-16(13-25-15(2)17-7-9-18(29)10-8-17)19-26-20(21(22,23)24)28(27-19)14-30-11-12-31(3,4)5/h6-10,13,15,29H,11-12,14H2,1-5H3/b16-6+,25-13?. The van der Waals surface area contributed by atoms with Crippen LogP contribution in [0.5, 0.6) is 5.75 Å². The molecular weight excluding hydrogens is 425 g/mol. The Bertz CT molecular complexity index is 916. The van der Waals surface area contributed by atoms with Gasteiger partial charge in [-0.1, -0.05) is 37.8 Å². The number of halogens is 3. The highest BCUT2D eigenvalue weighted by atomic mass is 28.3. The molecule has 1 unspecified atom stereocenters. The highest BCUT2D eigenvalue weighted by Gasteiger charge is 2.38. The maximum Gasteiger partial charge on any atom is 0.451 e. The van der Waals surface area contributed by atoms with E-state index < -0.39 is 20.1 Å². The van der Waals surface area contributed by atoms with Crippen LogP contribution in [-0.2, 0) is 17.6 Å². The molecule has 2 aromatic rings. The lowest BCUT2D eigenvalue weighted by molar-refractivity contribution is -0.150. The third-order valence-corrected chi connectivity index (χ3v) is 6.22. The van der Waals surface area contributed by atoms with Crippen molar-refractivity contribution in [1.29, 1.82) is 0 Å². The molecule has 1 aromatic carbocycles. The zero-order chi connectivity index (χ0) is 23.2. The van der Waals surface area contributed by atoms with Gasteiger partial charge in [0, 0.05) is 26.5 Å². The fourth-order valence-corrected chi connectivity index (χ4v) is 3.34. The summed E-state index contributed by atoms with van der Waals surface area (Å²) in [5.41, 5.74) is 1.23. The van der Waals surface area contributed by atoms with Gasteiger partial charge in [0.05, 0.1) is 6.04 Å². The van der Waals surface area contributed by atoms with E-state index in [1.807, 2.05) is 6.92 Å². The van der Waals surface area contributed by atoms with Crippen molar-refractivity contribution in [2.24, 2.45) is 4.99 Å². The summed E-state index contributed by atoms with van der Waals surface area (Å²) >= 11 is 0. The summed E-state index contributed by atoms with van der Waals surface area (Å²) in [6.07, 6.45) is -1.58. The molecular formula is C21H29F3N4O2Si. The molecule has 1 N–H and O–H groups in total. The average Bonchev–Trinajstić information content (AvgIpc) is 3.10. The minimum absolute atomic E-state index is 0.0646. The Hall–Kier alpha value is -2.46. The number of hydrogen-bond donors (Lipinski definition) is 1. The number of benzene rings is 1. The highest BCUT2D eigenvalue weighted by molar-refractivity contribution is 6.76. The molecule has 0 aliphatic heterocycles. The van der Waals surface area contributed by atoms with E-state index in [-0.39, 0.29) is 24.3 Å². The lowest BCUT2D eigenvalue weighted by Crippen LogP contribution is -2.23. The number of ether oxygens (including phenoxy) is 1. The van der Waals surface area contributed by atoms with Crippen LogP contribution < -0.4 is 0 Å². The van der Waals surface area contributed by atoms with Gasteiger partial charge in [-0.2, -0.15) is 13.2 Å². The van der Waals surface area contributed by atoms with Gasteiger partial charge in [0.1, 0.15) is 12.5 Å². The highest BCUT2D eigenvalue weighted by Crippen LogP contribution is 2.29. The Labute approximate surface area is 181 Å². The summed E-state index contributed by atoms with van der Waals surface area (Å²) in [4.78, 5) is 8.11. The van der Waals surface area contributed by atoms with Crippen LogP contribution in [-0.4, -0.2) is 40.8 Å². The van der Waals surface area contributed by atoms with Gasteiger partial charge in [-0.15, -0.1) is 5.10 Å². The molecule has 0 saturated carbocycles. The Morgan fingerprint density at radius 1 is 1.26 bits per heavy atom. The lowest BCUT2D eigenvalue weighted by Gasteiger charge is -2.15. The van der Waals surface area contributed by atoms with Crippen LogP contribution in [0.15, 0.2) is 35.3 Å². The van der Waals surface area contributed by atoms with Gasteiger partial charge in [0.25, 0.3) is 0 Å². The van der Waals surface area contributed by atoms with Gasteiger partial charge < -0.3 is 9.84 Å². The van der Waals surface area contributed by atoms with E-state index in [9.17, 15) is 18.3 Å². The smallest absolute Gasteiger partial charge is 0.451 e. The molecule has 0 aliphatic rings. The van der Waals surface area contributed by atoms with E-state index in [0.29, 0.717) is 12.2 Å². The van der Waals surface area contributed by atoms with Crippen molar-refractivity contribution in [2.45, 2.75) is 58.5 Å². The Morgan fingerprint density at radius 3 is 2.45 bits per heavy atom. The number of nitrogens with zero attached hydrogens (tertiary/aromatic N) is 4. The molecule has 0 fully saturated rings. The molecule has 31 heavy (non-hydrogen) atoms. The first-order valence-electron chi connectivity index (χ1n) is 9.99. The van der Waals surface area contributed by atoms with Crippen molar-refractivity contribution >= 4 is 19.9 Å². The molecule has 0 bridgehead atoms. The number of phenolic OH excluding ortho intramolecular Hbond substituents is 1. The van der Waals surface area contributed by atoms with Gasteiger partial charge in [0.15, 0.2) is 5.82 Å². The van der Waals surface area contributed by atoms with Crippen molar-refractivity contribution in [2.75, 3.05) is 6.61 Å². The first-order valence-corrected chi connectivity index (χ1v) is 13.7. The fourth-order valence-electron chi connectivity index (χ4n) is 2.59. The number of phenols is 1. The van der Waals surface area contributed by atoms with Crippen LogP contribution in [0.4, 0.5) is 13.2 Å². The SMILES string of the molecule is C/C=C(\C=NC(C)c1ccc(O)cc1)c1nc(C(F)(F)F)n(COCC[Si](C)(C)C)n1. The summed E-state index contributed by atoms with van der Waals surface area (Å²) in [5, 5.41) is 13.4. The van der Waals surface area contributed by atoms with Crippen molar-refractivity contribution in [3.8, 4) is 5.75 Å². The molecule has 170 valence electrons. The minimum atomic E-state index is -4.65. The summed E-state index contributed by atoms with van der Waals surface area (Å²) in [6, 6.07) is 7.17. The first-order chi connectivity index (χ1) is 14.4. The fraction of sp³-hybridized carbons (Fsp3) is 0.476. The van der Waals surface area contributed by atoms with Crippen LogP contribution in [0, 0.1) is 0 Å². The van der Waals surface area contributed by atoms with Crippen LogP contribution in [0.25, 0.3) is 5.57 Å². The van der Waals surface area contributed by atoms with E-state index in [1.54, 1.807) is 37.3 Å². The van der Waals surface area contributed by atoms with Crippen molar-refractivity contribution in [3.05, 3.63) is 47.6 Å². The van der Waals surface area contributed by atoms with Gasteiger partial charge >= 0.3 is 6.18 Å². The number of aliphatic imine (C=N–C) groups is 1. The molecule has 6 nitrogen and oxygen atoms in total. The minimum Gasteiger partial charge on any atom is -0.508 e. The number of allylic oxidation sites excluding steroid dienone is 2. The van der Waals surface area contributed by atoms with Crippen molar-refractivity contribution in [1.82, 2.24) is 14.8 Å². The third-order valence-electron chi connectivity index (χ3n) is 4.52. The second-order valence-electron chi connectivity index (χ2n) is 8.39. The molecule has 0 amide bonds. The van der Waals surface area contributed by atoms with Crippen LogP contribution >= 0.6 is 0 Å². The maximum atomic E-state index is 13.4. The molecule has 1 aromatic heterocycles. The molecule has 0 saturated heterocycles. The van der Waals surface area contributed by atoms with Gasteiger partial charge in [-0.05, 0) is 37.6 Å². The summed E-state index contributed by atoms with van der Waals surface area (Å²) < 4.78 is 46.5. The number of rotatable bonds is 9. The second kappa shape index (κ2) is 10.2. The largest absolute Gasteiger partial charge is 0.508 e. The summed E-state index contributed by atoms with van der Waals surface area (Å²) in [5.74, 6) is -1.02. The molecule has 0 spiro atoms. The molecule has 0 radical (unpaired) electrons. The predicted molar refractivity (Wildman–Crippen MR) is 118 cm³/mol. The number of aromatic hydroxyl groups is 1. The number of aromatic nitrogens is 3. The number of hydrogen-bond acceptors (Lipinski definition) is 5. The monoisotopic (exact) mass is 454 g/mol. The normalized spacial score (nSPS) is 14.4. The lowest BCUT2D eigenvalue weighted by atomic mass is 10.1. The van der Waals surface area contributed by atoms with E-state index in [0.717, 1.165) is 16.3 Å². The topological polar surface area (TPSA) is 72.5 Å². The molecule has 0 aliphatic carbocycles. The van der Waals surface area contributed by atoms with Gasteiger partial charge in [-0.3, -0.25) is 4.99 Å². The van der Waals surface area contributed by atoms with E-state index in [1.165, 1.54) is 6.21 Å². The molecule has 2 rings (SSSR count). The van der Waals surface area contributed by atoms with E-state index in [2.05, 4.69) is 34.7 Å². The molecule has 1 atom stereocenters. The third kappa shape index (κ3) is 7.62. The zero-order valence-corrected chi connectivity index (χ0v) is 19.4. The second-order valence-corrected chi connectivity index (χ2v) is 14.0. The average molecular weight is 455 g/mol. The van der Waals surface area contributed by atoms with Gasteiger partial charge in [0.2, 0.25) is 5.82 Å². The number of alkyl halides is 3. The van der Waals surface area contributed by atoms with E-state index >= 15 is 0 Å². The van der Waals surface area contributed by atoms with Crippen molar-refractivity contribution < 1.29 is 23.0 Å². The zero-order valence-electron chi connectivity index (χ0n) is 18.4. The van der Waals surface area contributed by atoms with Crippen LogP contribution in [0.1, 0.15) is 37.1 Å². The molecule has 1 heterocycles. The summed E-state index contributed by atoms with van der Waals surface area (Å²) in [6.45, 7) is 10.1.